The van der Waals surface area contributed by atoms with Crippen LogP contribution in [0.15, 0.2) is 12.2 Å². The zero-order valence-electron chi connectivity index (χ0n) is 42.3. The Morgan fingerprint density at radius 1 is 0.462 bits per heavy atom. The Morgan fingerprint density at radius 3 is 1.20 bits per heavy atom. The standard InChI is InChI=1S/C55H104O10/c1-3-5-7-9-11-13-15-17-19-21-23-24-26-27-29-31-33-35-37-39-41-43-50(57)62-46-48(47-63-55-54(61)53(60)52(59)49(45-56)65-55)64-51(58)44-42-40-38-36-34-32-30-28-25-22-20-18-16-14-12-10-8-6-4-2/h18,20,48-49,52-56,59-61H,3-17,19,21-47H2,1-2H3/b20-18-. The normalized spacial score (nSPS) is 19.3. The van der Waals surface area contributed by atoms with Gasteiger partial charge in [0.05, 0.1) is 13.2 Å². The molecule has 0 aromatic carbocycles. The monoisotopic (exact) mass is 925 g/mol. The molecule has 1 saturated heterocycles. The van der Waals surface area contributed by atoms with Crippen molar-refractivity contribution in [3.8, 4) is 0 Å². The number of hydrogen-bond donors (Lipinski definition) is 4. The van der Waals surface area contributed by atoms with Crippen LogP contribution in [-0.2, 0) is 28.5 Å². The van der Waals surface area contributed by atoms with E-state index < -0.39 is 49.4 Å². The SMILES string of the molecule is CCCCCCCC/C=C\CCCCCCCCCCCC(=O)OC(COC(=O)CCCCCCCCCCCCCCCCCCCCCCC)COC1OC(CO)C(O)C(O)C1O. The van der Waals surface area contributed by atoms with Crippen molar-refractivity contribution in [3.05, 3.63) is 12.2 Å². The van der Waals surface area contributed by atoms with E-state index >= 15 is 0 Å². The maximum Gasteiger partial charge on any atom is 0.306 e. The third-order valence-corrected chi connectivity index (χ3v) is 13.2. The average Bonchev–Trinajstić information content (AvgIpc) is 3.30. The van der Waals surface area contributed by atoms with E-state index in [1.807, 2.05) is 0 Å². The minimum Gasteiger partial charge on any atom is -0.462 e. The van der Waals surface area contributed by atoms with Gasteiger partial charge in [-0.05, 0) is 38.5 Å². The van der Waals surface area contributed by atoms with Crippen LogP contribution in [0.3, 0.4) is 0 Å². The summed E-state index contributed by atoms with van der Waals surface area (Å²) >= 11 is 0. The van der Waals surface area contributed by atoms with E-state index in [1.54, 1.807) is 0 Å². The molecule has 0 saturated carbocycles. The summed E-state index contributed by atoms with van der Waals surface area (Å²) in [5, 5.41) is 40.3. The molecule has 0 spiro atoms. The molecule has 0 aliphatic carbocycles. The number of carbonyl (C=O) groups excluding carboxylic acids is 2. The first-order valence-corrected chi connectivity index (χ1v) is 27.8. The van der Waals surface area contributed by atoms with Crippen molar-refractivity contribution in [2.45, 2.75) is 307 Å². The fraction of sp³-hybridized carbons (Fsp3) is 0.927. The average molecular weight is 925 g/mol. The molecule has 10 heteroatoms. The van der Waals surface area contributed by atoms with Crippen LogP contribution in [0.2, 0.25) is 0 Å². The van der Waals surface area contributed by atoms with E-state index in [2.05, 4.69) is 26.0 Å². The van der Waals surface area contributed by atoms with Gasteiger partial charge in [-0.3, -0.25) is 9.59 Å². The molecular weight excluding hydrogens is 821 g/mol. The van der Waals surface area contributed by atoms with Gasteiger partial charge in [-0.15, -0.1) is 0 Å². The van der Waals surface area contributed by atoms with Crippen molar-refractivity contribution < 1.29 is 49.0 Å². The number of rotatable bonds is 48. The van der Waals surface area contributed by atoms with Crippen molar-refractivity contribution in [1.29, 1.82) is 0 Å². The van der Waals surface area contributed by atoms with Gasteiger partial charge in [0.2, 0.25) is 0 Å². The van der Waals surface area contributed by atoms with E-state index in [-0.39, 0.29) is 32.0 Å². The van der Waals surface area contributed by atoms with Gasteiger partial charge >= 0.3 is 11.9 Å². The molecule has 1 heterocycles. The third kappa shape index (κ3) is 37.1. The summed E-state index contributed by atoms with van der Waals surface area (Å²) < 4.78 is 22.3. The van der Waals surface area contributed by atoms with Gasteiger partial charge in [0, 0.05) is 12.8 Å². The molecule has 1 rings (SSSR count). The number of allylic oxidation sites excluding steroid dienone is 2. The Labute approximate surface area is 399 Å². The molecule has 1 aliphatic heterocycles. The Kier molecular flexibility index (Phi) is 43.7. The van der Waals surface area contributed by atoms with Gasteiger partial charge in [-0.1, -0.05) is 231 Å². The summed E-state index contributed by atoms with van der Waals surface area (Å²) in [4.78, 5) is 25.5. The lowest BCUT2D eigenvalue weighted by Crippen LogP contribution is -2.59. The lowest BCUT2D eigenvalue weighted by atomic mass is 9.99. The first kappa shape index (κ1) is 61.5. The number of aliphatic hydroxyl groups excluding tert-OH is 4. The van der Waals surface area contributed by atoms with E-state index in [0.717, 1.165) is 38.5 Å². The predicted molar refractivity (Wildman–Crippen MR) is 266 cm³/mol. The van der Waals surface area contributed by atoms with Crippen LogP contribution < -0.4 is 0 Å². The molecule has 0 amide bonds. The van der Waals surface area contributed by atoms with Gasteiger partial charge < -0.3 is 39.4 Å². The Bertz CT molecular complexity index is 1070. The van der Waals surface area contributed by atoms with Crippen LogP contribution in [0, 0.1) is 0 Å². The molecule has 1 fully saturated rings. The Hall–Kier alpha value is -1.56. The number of carbonyl (C=O) groups is 2. The van der Waals surface area contributed by atoms with Crippen LogP contribution in [0.5, 0.6) is 0 Å². The minimum absolute atomic E-state index is 0.212. The van der Waals surface area contributed by atoms with Crippen molar-refractivity contribution >= 4 is 11.9 Å². The number of esters is 2. The van der Waals surface area contributed by atoms with Gasteiger partial charge in [0.1, 0.15) is 31.0 Å². The fourth-order valence-electron chi connectivity index (χ4n) is 8.77. The van der Waals surface area contributed by atoms with E-state index in [4.69, 9.17) is 18.9 Å². The van der Waals surface area contributed by atoms with E-state index in [0.29, 0.717) is 6.42 Å². The van der Waals surface area contributed by atoms with Gasteiger partial charge in [-0.25, -0.2) is 0 Å². The second-order valence-corrected chi connectivity index (χ2v) is 19.4. The minimum atomic E-state index is -1.59. The molecule has 65 heavy (non-hydrogen) atoms. The highest BCUT2D eigenvalue weighted by Crippen LogP contribution is 2.23. The second-order valence-electron chi connectivity index (χ2n) is 19.4. The topological polar surface area (TPSA) is 152 Å². The molecule has 6 unspecified atom stereocenters. The van der Waals surface area contributed by atoms with Crippen molar-refractivity contribution in [3.63, 3.8) is 0 Å². The van der Waals surface area contributed by atoms with Crippen LogP contribution in [0.25, 0.3) is 0 Å². The fourth-order valence-corrected chi connectivity index (χ4v) is 8.77. The highest BCUT2D eigenvalue weighted by Gasteiger charge is 2.44. The molecule has 1 aliphatic rings. The highest BCUT2D eigenvalue weighted by molar-refractivity contribution is 5.70. The van der Waals surface area contributed by atoms with Crippen molar-refractivity contribution in [1.82, 2.24) is 0 Å². The summed E-state index contributed by atoms with van der Waals surface area (Å²) in [6.07, 6.45) is 45.1. The third-order valence-electron chi connectivity index (χ3n) is 13.2. The zero-order valence-corrected chi connectivity index (χ0v) is 42.3. The van der Waals surface area contributed by atoms with E-state index in [9.17, 15) is 30.0 Å². The van der Waals surface area contributed by atoms with Gasteiger partial charge in [0.25, 0.3) is 0 Å². The van der Waals surface area contributed by atoms with E-state index in [1.165, 1.54) is 199 Å². The maximum atomic E-state index is 12.9. The van der Waals surface area contributed by atoms with Crippen LogP contribution in [0.4, 0.5) is 0 Å². The predicted octanol–water partition coefficient (Wildman–Crippen LogP) is 13.5. The van der Waals surface area contributed by atoms with Gasteiger partial charge in [0.15, 0.2) is 12.4 Å². The highest BCUT2D eigenvalue weighted by atomic mass is 16.7. The number of hydrogen-bond acceptors (Lipinski definition) is 10. The summed E-state index contributed by atoms with van der Waals surface area (Å²) in [5.41, 5.74) is 0. The molecule has 0 aromatic heterocycles. The molecule has 0 bridgehead atoms. The quantitative estimate of drug-likeness (QED) is 0.0264. The Morgan fingerprint density at radius 2 is 0.815 bits per heavy atom. The molecule has 10 nitrogen and oxygen atoms in total. The zero-order chi connectivity index (χ0) is 47.3. The number of unbranched alkanes of at least 4 members (excludes halogenated alkanes) is 35. The lowest BCUT2D eigenvalue weighted by Gasteiger charge is -2.39. The van der Waals surface area contributed by atoms with Gasteiger partial charge in [-0.2, -0.15) is 0 Å². The van der Waals surface area contributed by atoms with Crippen LogP contribution in [-0.4, -0.2) is 89.0 Å². The van der Waals surface area contributed by atoms with Crippen LogP contribution >= 0.6 is 0 Å². The summed E-state index contributed by atoms with van der Waals surface area (Å²) in [5.74, 6) is -0.791. The molecular formula is C55H104O10. The maximum absolute atomic E-state index is 12.9. The number of ether oxygens (including phenoxy) is 4. The molecule has 0 radical (unpaired) electrons. The molecule has 384 valence electrons. The van der Waals surface area contributed by atoms with Crippen LogP contribution in [0.1, 0.15) is 271 Å². The molecule has 4 N–H and O–H groups in total. The summed E-state index contributed by atoms with van der Waals surface area (Å²) in [6.45, 7) is 3.48. The first-order chi connectivity index (χ1) is 31.8. The summed E-state index contributed by atoms with van der Waals surface area (Å²) in [7, 11) is 0. The van der Waals surface area contributed by atoms with Crippen molar-refractivity contribution in [2.75, 3.05) is 19.8 Å². The first-order valence-electron chi connectivity index (χ1n) is 27.8. The molecule has 0 aromatic rings. The summed E-state index contributed by atoms with van der Waals surface area (Å²) in [6, 6.07) is 0. The smallest absolute Gasteiger partial charge is 0.306 e. The van der Waals surface area contributed by atoms with Crippen molar-refractivity contribution in [2.24, 2.45) is 0 Å². The Balaban J connectivity index is 2.21. The lowest BCUT2D eigenvalue weighted by molar-refractivity contribution is -0.305. The largest absolute Gasteiger partial charge is 0.462 e. The second kappa shape index (κ2) is 46.2. The molecule has 6 atom stereocenters. The number of aliphatic hydroxyl groups is 4.